The van der Waals surface area contributed by atoms with Crippen molar-refractivity contribution in [2.75, 3.05) is 6.61 Å². The summed E-state index contributed by atoms with van der Waals surface area (Å²) in [7, 11) is 0. The fourth-order valence-corrected chi connectivity index (χ4v) is 1.13. The average Bonchev–Trinajstić information content (AvgIpc) is 2.17. The lowest BCUT2D eigenvalue weighted by atomic mass is 10.2. The highest BCUT2D eigenvalue weighted by Crippen LogP contribution is 2.19. The molecule has 0 amide bonds. The number of benzene rings is 1. The Hall–Kier alpha value is -1.50. The largest absolute Gasteiger partial charge is 0.489 e. The number of rotatable bonds is 4. The van der Waals surface area contributed by atoms with E-state index in [-0.39, 0.29) is 0 Å². The summed E-state index contributed by atoms with van der Waals surface area (Å²) in [5.74, 6) is 0.911. The Labute approximate surface area is 85.7 Å². The van der Waals surface area contributed by atoms with E-state index >= 15 is 0 Å². The van der Waals surface area contributed by atoms with Crippen molar-refractivity contribution in [1.82, 2.24) is 0 Å². The summed E-state index contributed by atoms with van der Waals surface area (Å²) in [5.41, 5.74) is 2.14. The molecule has 0 fully saturated rings. The van der Waals surface area contributed by atoms with Crippen LogP contribution >= 0.6 is 0 Å². The molecule has 1 aromatic carbocycles. The van der Waals surface area contributed by atoms with Crippen LogP contribution in [0.4, 0.5) is 0 Å². The van der Waals surface area contributed by atoms with E-state index in [1.54, 1.807) is 0 Å². The van der Waals surface area contributed by atoms with Crippen molar-refractivity contribution < 1.29 is 4.74 Å². The standard InChI is InChI=1S/C13H16O/c1-4-7-12-8-5-6-9-13(12)14-10-11(2)3/h4-9H,2,10H2,1,3H3/b7-4+. The summed E-state index contributed by atoms with van der Waals surface area (Å²) < 4.78 is 5.60. The predicted molar refractivity (Wildman–Crippen MR) is 61.5 cm³/mol. The van der Waals surface area contributed by atoms with Crippen LogP contribution in [0.3, 0.4) is 0 Å². The Balaban J connectivity index is 2.79. The minimum Gasteiger partial charge on any atom is -0.489 e. The maximum atomic E-state index is 5.60. The number of hydrogen-bond donors (Lipinski definition) is 0. The van der Waals surface area contributed by atoms with Crippen molar-refractivity contribution in [2.24, 2.45) is 0 Å². The molecule has 0 N–H and O–H groups in total. The molecule has 14 heavy (non-hydrogen) atoms. The molecule has 0 saturated carbocycles. The van der Waals surface area contributed by atoms with E-state index in [2.05, 4.69) is 6.58 Å². The van der Waals surface area contributed by atoms with Crippen molar-refractivity contribution in [1.29, 1.82) is 0 Å². The van der Waals surface area contributed by atoms with E-state index in [1.807, 2.05) is 50.3 Å². The molecule has 74 valence electrons. The van der Waals surface area contributed by atoms with Gasteiger partial charge >= 0.3 is 0 Å². The lowest BCUT2D eigenvalue weighted by Crippen LogP contribution is -1.98. The summed E-state index contributed by atoms with van der Waals surface area (Å²) in [6.45, 7) is 8.33. The van der Waals surface area contributed by atoms with Crippen LogP contribution in [-0.2, 0) is 0 Å². The van der Waals surface area contributed by atoms with Gasteiger partial charge in [0.15, 0.2) is 0 Å². The van der Waals surface area contributed by atoms with Gasteiger partial charge in [-0.1, -0.05) is 36.9 Å². The van der Waals surface area contributed by atoms with Gasteiger partial charge < -0.3 is 4.74 Å². The van der Waals surface area contributed by atoms with Gasteiger partial charge in [0.05, 0.1) is 0 Å². The van der Waals surface area contributed by atoms with Crippen LogP contribution in [0.1, 0.15) is 19.4 Å². The first kappa shape index (κ1) is 10.6. The lowest BCUT2D eigenvalue weighted by molar-refractivity contribution is 0.352. The smallest absolute Gasteiger partial charge is 0.126 e. The summed E-state index contributed by atoms with van der Waals surface area (Å²) in [5, 5.41) is 0. The fraction of sp³-hybridized carbons (Fsp3) is 0.231. The van der Waals surface area contributed by atoms with Gasteiger partial charge in [-0.25, -0.2) is 0 Å². The molecular weight excluding hydrogens is 172 g/mol. The molecule has 0 heterocycles. The molecule has 0 saturated heterocycles. The highest BCUT2D eigenvalue weighted by atomic mass is 16.5. The second kappa shape index (κ2) is 5.28. The van der Waals surface area contributed by atoms with E-state index in [1.165, 1.54) is 0 Å². The van der Waals surface area contributed by atoms with Gasteiger partial charge in [-0.15, -0.1) is 0 Å². The van der Waals surface area contributed by atoms with E-state index in [9.17, 15) is 0 Å². The van der Waals surface area contributed by atoms with Crippen LogP contribution in [0.5, 0.6) is 5.75 Å². The highest BCUT2D eigenvalue weighted by molar-refractivity contribution is 5.56. The molecule has 1 heteroatoms. The van der Waals surface area contributed by atoms with Gasteiger partial charge in [0.2, 0.25) is 0 Å². The molecule has 0 aliphatic heterocycles. The minimum atomic E-state index is 0.578. The minimum absolute atomic E-state index is 0.578. The van der Waals surface area contributed by atoms with Crippen molar-refractivity contribution in [2.45, 2.75) is 13.8 Å². The van der Waals surface area contributed by atoms with Crippen molar-refractivity contribution >= 4 is 6.08 Å². The SMILES string of the molecule is C=C(C)COc1ccccc1/C=C/C. The van der Waals surface area contributed by atoms with E-state index in [4.69, 9.17) is 4.74 Å². The second-order valence-corrected chi connectivity index (χ2v) is 3.28. The topological polar surface area (TPSA) is 9.23 Å². The fourth-order valence-electron chi connectivity index (χ4n) is 1.13. The van der Waals surface area contributed by atoms with Gasteiger partial charge in [-0.3, -0.25) is 0 Å². The summed E-state index contributed by atoms with van der Waals surface area (Å²) >= 11 is 0. The zero-order chi connectivity index (χ0) is 10.4. The Morgan fingerprint density at radius 2 is 2.14 bits per heavy atom. The molecule has 0 aliphatic carbocycles. The molecule has 0 aromatic heterocycles. The van der Waals surface area contributed by atoms with Crippen LogP contribution in [0.2, 0.25) is 0 Å². The molecule has 1 rings (SSSR count). The predicted octanol–water partition coefficient (Wildman–Crippen LogP) is 3.67. The van der Waals surface area contributed by atoms with Crippen LogP contribution in [0, 0.1) is 0 Å². The maximum absolute atomic E-state index is 5.60. The molecule has 1 aromatic rings. The normalized spacial score (nSPS) is 10.4. The van der Waals surface area contributed by atoms with Gasteiger partial charge in [0.25, 0.3) is 0 Å². The zero-order valence-corrected chi connectivity index (χ0v) is 8.79. The molecule has 0 unspecified atom stereocenters. The summed E-state index contributed by atoms with van der Waals surface area (Å²) in [6, 6.07) is 7.98. The van der Waals surface area contributed by atoms with Gasteiger partial charge in [0, 0.05) is 5.56 Å². The molecular formula is C13H16O. The third kappa shape index (κ3) is 3.09. The second-order valence-electron chi connectivity index (χ2n) is 3.28. The van der Waals surface area contributed by atoms with Crippen molar-refractivity contribution in [3.05, 3.63) is 48.1 Å². The third-order valence-electron chi connectivity index (χ3n) is 1.74. The van der Waals surface area contributed by atoms with Crippen LogP contribution in [-0.4, -0.2) is 6.61 Å². The van der Waals surface area contributed by atoms with Gasteiger partial charge in [0.1, 0.15) is 12.4 Å². The number of para-hydroxylation sites is 1. The third-order valence-corrected chi connectivity index (χ3v) is 1.74. The molecule has 0 radical (unpaired) electrons. The zero-order valence-electron chi connectivity index (χ0n) is 8.79. The average molecular weight is 188 g/mol. The van der Waals surface area contributed by atoms with E-state index in [0.717, 1.165) is 16.9 Å². The Kier molecular flexibility index (Phi) is 3.99. The molecule has 0 aliphatic rings. The van der Waals surface area contributed by atoms with Gasteiger partial charge in [-0.2, -0.15) is 0 Å². The number of allylic oxidation sites excluding steroid dienone is 1. The molecule has 0 spiro atoms. The highest BCUT2D eigenvalue weighted by Gasteiger charge is 1.98. The van der Waals surface area contributed by atoms with Gasteiger partial charge in [-0.05, 0) is 25.5 Å². The van der Waals surface area contributed by atoms with Crippen molar-refractivity contribution in [3.63, 3.8) is 0 Å². The van der Waals surface area contributed by atoms with Crippen LogP contribution in [0.25, 0.3) is 6.08 Å². The summed E-state index contributed by atoms with van der Waals surface area (Å²) in [6.07, 6.45) is 4.04. The first-order valence-electron chi connectivity index (χ1n) is 4.73. The van der Waals surface area contributed by atoms with E-state index in [0.29, 0.717) is 6.61 Å². The Bertz CT molecular complexity index is 337. The molecule has 0 atom stereocenters. The first-order chi connectivity index (χ1) is 6.74. The summed E-state index contributed by atoms with van der Waals surface area (Å²) in [4.78, 5) is 0. The van der Waals surface area contributed by atoms with Crippen LogP contribution < -0.4 is 4.74 Å². The Morgan fingerprint density at radius 3 is 2.79 bits per heavy atom. The quantitative estimate of drug-likeness (QED) is 0.655. The Morgan fingerprint density at radius 1 is 1.43 bits per heavy atom. The van der Waals surface area contributed by atoms with Crippen molar-refractivity contribution in [3.8, 4) is 5.75 Å². The van der Waals surface area contributed by atoms with E-state index < -0.39 is 0 Å². The number of ether oxygens (including phenoxy) is 1. The maximum Gasteiger partial charge on any atom is 0.126 e. The first-order valence-corrected chi connectivity index (χ1v) is 4.73. The lowest BCUT2D eigenvalue weighted by Gasteiger charge is -2.08. The number of hydrogen-bond acceptors (Lipinski definition) is 1. The molecule has 1 nitrogen and oxygen atoms in total. The monoisotopic (exact) mass is 188 g/mol. The molecule has 0 bridgehead atoms. The van der Waals surface area contributed by atoms with Crippen LogP contribution in [0.15, 0.2) is 42.5 Å².